The smallest absolute Gasteiger partial charge is 0.136 e. The van der Waals surface area contributed by atoms with Crippen LogP contribution in [0.25, 0.3) is 0 Å². The molecule has 0 amide bonds. The third-order valence-electron chi connectivity index (χ3n) is 6.13. The first-order chi connectivity index (χ1) is 12.3. The van der Waals surface area contributed by atoms with E-state index in [9.17, 15) is 4.79 Å². The Morgan fingerprint density at radius 1 is 1.15 bits per heavy atom. The van der Waals surface area contributed by atoms with Crippen molar-refractivity contribution < 1.29 is 4.79 Å². The molecular formula is C22H28BrNOSi. The zero-order valence-electron chi connectivity index (χ0n) is 16.1. The number of Topliss-reactive ketones (excluding diaryl/α,β-unsaturated/α-hetero) is 1. The topological polar surface area (TPSA) is 30.0 Å². The highest BCUT2D eigenvalue weighted by molar-refractivity contribution is 9.10. The van der Waals surface area contributed by atoms with Crippen LogP contribution in [0, 0.1) is 18.8 Å². The molecule has 0 radical (unpaired) electrons. The number of hydrogen-bond acceptors (Lipinski definition) is 2. The Hall–Kier alpha value is -1.26. The maximum Gasteiger partial charge on any atom is 0.136 e. The maximum absolute atomic E-state index is 13.0. The van der Waals surface area contributed by atoms with Crippen LogP contribution in [-0.4, -0.2) is 18.8 Å². The van der Waals surface area contributed by atoms with E-state index in [0.29, 0.717) is 23.7 Å². The van der Waals surface area contributed by atoms with Crippen LogP contribution in [0.3, 0.4) is 0 Å². The van der Waals surface area contributed by atoms with Crippen LogP contribution < -0.4 is 5.19 Å². The van der Waals surface area contributed by atoms with Crippen molar-refractivity contribution in [2.24, 2.45) is 11.8 Å². The molecule has 1 fully saturated rings. The van der Waals surface area contributed by atoms with Crippen molar-refractivity contribution in [1.29, 1.82) is 0 Å². The number of carbonyl (C=O) groups excluding carboxylic acids is 1. The quantitative estimate of drug-likeness (QED) is 0.617. The molecule has 2 aromatic rings. The van der Waals surface area contributed by atoms with Crippen LogP contribution in [0.5, 0.6) is 0 Å². The van der Waals surface area contributed by atoms with E-state index < -0.39 is 8.07 Å². The van der Waals surface area contributed by atoms with Crippen molar-refractivity contribution in [1.82, 2.24) is 4.98 Å². The lowest BCUT2D eigenvalue weighted by molar-refractivity contribution is -0.125. The monoisotopic (exact) mass is 429 g/mol. The van der Waals surface area contributed by atoms with E-state index in [1.54, 1.807) is 0 Å². The van der Waals surface area contributed by atoms with Gasteiger partial charge in [-0.1, -0.05) is 55.5 Å². The normalized spacial score (nSPS) is 23.9. The number of rotatable bonds is 4. The molecule has 0 unspecified atom stereocenters. The molecule has 1 saturated carbocycles. The standard InChI is InChI=1S/C22H28BrNOSi/c1-15-10-13-21(25)18(14-20-19(23)12-11-16(2)24-20)22(15)26(3,4)17-8-6-5-7-9-17/h5-9,11-12,15,18,22H,10,13-14H2,1-4H3/t15-,18+,22+/m1/s1. The van der Waals surface area contributed by atoms with Crippen molar-refractivity contribution in [3.8, 4) is 0 Å². The molecule has 26 heavy (non-hydrogen) atoms. The van der Waals surface area contributed by atoms with Crippen LogP contribution >= 0.6 is 15.9 Å². The molecule has 1 aromatic carbocycles. The summed E-state index contributed by atoms with van der Waals surface area (Å²) in [5, 5.41) is 1.45. The maximum atomic E-state index is 13.0. The van der Waals surface area contributed by atoms with E-state index in [1.165, 1.54) is 5.19 Å². The lowest BCUT2D eigenvalue weighted by Gasteiger charge is -2.44. The Kier molecular flexibility index (Phi) is 5.83. The summed E-state index contributed by atoms with van der Waals surface area (Å²) in [5.41, 5.74) is 2.48. The fourth-order valence-electron chi connectivity index (χ4n) is 4.79. The first-order valence-electron chi connectivity index (χ1n) is 9.51. The molecule has 1 aromatic heterocycles. The second-order valence-corrected chi connectivity index (χ2v) is 13.8. The van der Waals surface area contributed by atoms with Crippen molar-refractivity contribution in [3.63, 3.8) is 0 Å². The van der Waals surface area contributed by atoms with E-state index in [4.69, 9.17) is 4.98 Å². The van der Waals surface area contributed by atoms with Gasteiger partial charge in [-0.05, 0) is 52.9 Å². The van der Waals surface area contributed by atoms with Crippen molar-refractivity contribution in [3.05, 3.63) is 58.3 Å². The molecular weight excluding hydrogens is 402 g/mol. The molecule has 3 rings (SSSR count). The van der Waals surface area contributed by atoms with Gasteiger partial charge in [-0.2, -0.15) is 0 Å². The first kappa shape index (κ1) is 19.5. The number of aryl methyl sites for hydroxylation is 1. The van der Waals surface area contributed by atoms with E-state index in [2.05, 4.69) is 72.3 Å². The summed E-state index contributed by atoms with van der Waals surface area (Å²) in [6.45, 7) is 9.24. The highest BCUT2D eigenvalue weighted by atomic mass is 79.9. The Morgan fingerprint density at radius 3 is 2.54 bits per heavy atom. The van der Waals surface area contributed by atoms with Crippen LogP contribution in [0.2, 0.25) is 18.6 Å². The Balaban J connectivity index is 1.99. The summed E-state index contributed by atoms with van der Waals surface area (Å²) in [6.07, 6.45) is 2.48. The van der Waals surface area contributed by atoms with Gasteiger partial charge in [0, 0.05) is 28.9 Å². The number of pyridine rings is 1. The van der Waals surface area contributed by atoms with Crippen LogP contribution in [0.1, 0.15) is 31.2 Å². The number of halogens is 1. The van der Waals surface area contributed by atoms with Gasteiger partial charge in [0.05, 0.1) is 13.8 Å². The summed E-state index contributed by atoms with van der Waals surface area (Å²) in [4.78, 5) is 17.7. The molecule has 0 bridgehead atoms. The van der Waals surface area contributed by atoms with E-state index in [-0.39, 0.29) is 5.92 Å². The zero-order valence-corrected chi connectivity index (χ0v) is 18.7. The number of hydrogen-bond donors (Lipinski definition) is 0. The van der Waals surface area contributed by atoms with Crippen LogP contribution in [0.4, 0.5) is 0 Å². The predicted octanol–water partition coefficient (Wildman–Crippen LogP) is 5.30. The van der Waals surface area contributed by atoms with Gasteiger partial charge < -0.3 is 0 Å². The van der Waals surface area contributed by atoms with Crippen molar-refractivity contribution in [2.45, 2.75) is 51.7 Å². The third kappa shape index (κ3) is 3.86. The minimum Gasteiger partial charge on any atom is -0.299 e. The lowest BCUT2D eigenvalue weighted by Crippen LogP contribution is -2.53. The number of aromatic nitrogens is 1. The number of nitrogens with zero attached hydrogens (tertiary/aromatic N) is 1. The van der Waals surface area contributed by atoms with Gasteiger partial charge in [0.1, 0.15) is 5.78 Å². The average molecular weight is 430 g/mol. The largest absolute Gasteiger partial charge is 0.299 e. The second-order valence-electron chi connectivity index (χ2n) is 8.29. The summed E-state index contributed by atoms with van der Waals surface area (Å²) >= 11 is 3.65. The van der Waals surface area contributed by atoms with Crippen LogP contribution in [0.15, 0.2) is 46.9 Å². The SMILES string of the molecule is Cc1ccc(Br)c(C[C@H]2C(=O)CC[C@@H](C)[C@@H]2[Si](C)(C)c2ccccc2)n1. The molecule has 1 heterocycles. The van der Waals surface area contributed by atoms with Gasteiger partial charge in [-0.15, -0.1) is 0 Å². The van der Waals surface area contributed by atoms with Gasteiger partial charge in [0.15, 0.2) is 0 Å². The summed E-state index contributed by atoms with van der Waals surface area (Å²) in [5.74, 6) is 1.08. The van der Waals surface area contributed by atoms with Gasteiger partial charge in [0.25, 0.3) is 0 Å². The molecule has 0 N–H and O–H groups in total. The number of benzene rings is 1. The molecule has 0 saturated heterocycles. The zero-order chi connectivity index (χ0) is 18.9. The van der Waals surface area contributed by atoms with Crippen molar-refractivity contribution in [2.75, 3.05) is 0 Å². The Labute approximate surface area is 166 Å². The van der Waals surface area contributed by atoms with Gasteiger partial charge in [0.2, 0.25) is 0 Å². The third-order valence-corrected chi connectivity index (χ3v) is 11.3. The number of ketones is 1. The highest BCUT2D eigenvalue weighted by Crippen LogP contribution is 2.45. The first-order valence-corrected chi connectivity index (χ1v) is 13.4. The van der Waals surface area contributed by atoms with Gasteiger partial charge in [-0.3, -0.25) is 9.78 Å². The molecule has 4 heteroatoms. The van der Waals surface area contributed by atoms with E-state index >= 15 is 0 Å². The minimum atomic E-state index is -1.80. The molecule has 138 valence electrons. The molecule has 1 aliphatic rings. The lowest BCUT2D eigenvalue weighted by atomic mass is 9.78. The molecule has 3 atom stereocenters. The minimum absolute atomic E-state index is 0.0752. The van der Waals surface area contributed by atoms with Gasteiger partial charge >= 0.3 is 0 Å². The number of carbonyl (C=O) groups is 1. The second kappa shape index (κ2) is 7.77. The average Bonchev–Trinajstić information content (AvgIpc) is 2.62. The van der Waals surface area contributed by atoms with E-state index in [1.807, 2.05) is 13.0 Å². The summed E-state index contributed by atoms with van der Waals surface area (Å²) < 4.78 is 1.02. The fourth-order valence-corrected chi connectivity index (χ4v) is 9.51. The van der Waals surface area contributed by atoms with Crippen LogP contribution in [-0.2, 0) is 11.2 Å². The Morgan fingerprint density at radius 2 is 1.85 bits per heavy atom. The van der Waals surface area contributed by atoms with E-state index in [0.717, 1.165) is 28.7 Å². The van der Waals surface area contributed by atoms with Gasteiger partial charge in [-0.25, -0.2) is 0 Å². The van der Waals surface area contributed by atoms with Crippen molar-refractivity contribution >= 4 is 35.0 Å². The summed E-state index contributed by atoms with van der Waals surface area (Å²) in [6, 6.07) is 14.9. The fraction of sp³-hybridized carbons (Fsp3) is 0.455. The molecule has 2 nitrogen and oxygen atoms in total. The Bertz CT molecular complexity index is 790. The molecule has 0 spiro atoms. The highest BCUT2D eigenvalue weighted by Gasteiger charge is 2.46. The molecule has 1 aliphatic carbocycles. The molecule has 0 aliphatic heterocycles. The predicted molar refractivity (Wildman–Crippen MR) is 115 cm³/mol. The summed E-state index contributed by atoms with van der Waals surface area (Å²) in [7, 11) is -1.80.